The van der Waals surface area contributed by atoms with Gasteiger partial charge in [0.2, 0.25) is 5.78 Å². The fraction of sp³-hybridized carbons (Fsp3) is 0.250. The highest BCUT2D eigenvalue weighted by Crippen LogP contribution is 2.28. The van der Waals surface area contributed by atoms with Crippen LogP contribution in [0.2, 0.25) is 0 Å². The zero-order valence-electron chi connectivity index (χ0n) is 8.77. The van der Waals surface area contributed by atoms with Crippen LogP contribution < -0.4 is 5.32 Å². The third kappa shape index (κ3) is 1.62. The summed E-state index contributed by atoms with van der Waals surface area (Å²) in [5, 5.41) is 2.54. The van der Waals surface area contributed by atoms with E-state index in [0.29, 0.717) is 0 Å². The first kappa shape index (κ1) is 10.5. The molecule has 82 valence electrons. The number of carbonyl (C=O) groups excluding carboxylic acids is 3. The summed E-state index contributed by atoms with van der Waals surface area (Å²) in [4.78, 5) is 34.1. The van der Waals surface area contributed by atoms with Crippen LogP contribution in [0.3, 0.4) is 0 Å². The Labute approximate surface area is 92.6 Å². The van der Waals surface area contributed by atoms with E-state index in [9.17, 15) is 14.4 Å². The monoisotopic (exact) mass is 217 g/mol. The number of amides is 1. The van der Waals surface area contributed by atoms with Gasteiger partial charge in [-0.2, -0.15) is 0 Å². The quantitative estimate of drug-likeness (QED) is 0.583. The van der Waals surface area contributed by atoms with Crippen molar-refractivity contribution in [2.24, 2.45) is 5.92 Å². The van der Waals surface area contributed by atoms with Crippen molar-refractivity contribution in [3.05, 3.63) is 35.9 Å². The lowest BCUT2D eigenvalue weighted by Crippen LogP contribution is -2.24. The molecule has 1 aliphatic heterocycles. The molecule has 1 amide bonds. The first-order valence-corrected chi connectivity index (χ1v) is 5.01. The number of hydrogen-bond acceptors (Lipinski definition) is 3. The van der Waals surface area contributed by atoms with Gasteiger partial charge < -0.3 is 5.32 Å². The molecule has 16 heavy (non-hydrogen) atoms. The fourth-order valence-electron chi connectivity index (χ4n) is 1.94. The maximum atomic E-state index is 11.5. The molecule has 1 saturated heterocycles. The van der Waals surface area contributed by atoms with Gasteiger partial charge in [-0.15, -0.1) is 0 Å². The molecule has 1 fully saturated rings. The standard InChI is InChI=1S/C12H11NO3/c1-7(14)9-10(13-12(16)11(9)15)8-5-3-2-4-6-8/h2-6,9-10H,1H3,(H,13,16). The zero-order chi connectivity index (χ0) is 11.7. The second-order valence-electron chi connectivity index (χ2n) is 3.81. The second kappa shape index (κ2) is 3.89. The maximum Gasteiger partial charge on any atom is 0.288 e. The Morgan fingerprint density at radius 2 is 1.81 bits per heavy atom. The average molecular weight is 217 g/mol. The largest absolute Gasteiger partial charge is 0.341 e. The highest BCUT2D eigenvalue weighted by molar-refractivity contribution is 6.42. The van der Waals surface area contributed by atoms with E-state index in [1.165, 1.54) is 6.92 Å². The van der Waals surface area contributed by atoms with Gasteiger partial charge in [-0.25, -0.2) is 0 Å². The van der Waals surface area contributed by atoms with E-state index in [0.717, 1.165) is 5.56 Å². The molecule has 2 rings (SSSR count). The summed E-state index contributed by atoms with van der Waals surface area (Å²) in [6.07, 6.45) is 0. The molecule has 0 aliphatic carbocycles. The molecule has 2 atom stereocenters. The van der Waals surface area contributed by atoms with Crippen LogP contribution in [0.15, 0.2) is 30.3 Å². The summed E-state index contributed by atoms with van der Waals surface area (Å²) in [5.74, 6) is -2.47. The van der Waals surface area contributed by atoms with E-state index in [4.69, 9.17) is 0 Å². The zero-order valence-corrected chi connectivity index (χ0v) is 8.77. The van der Waals surface area contributed by atoms with Crippen LogP contribution in [0.25, 0.3) is 0 Å². The highest BCUT2D eigenvalue weighted by atomic mass is 16.2. The molecular formula is C12H11NO3. The van der Waals surface area contributed by atoms with Gasteiger partial charge in [0, 0.05) is 0 Å². The summed E-state index contributed by atoms with van der Waals surface area (Å²) in [6.45, 7) is 1.33. The van der Waals surface area contributed by atoms with E-state index >= 15 is 0 Å². The first-order chi connectivity index (χ1) is 7.61. The van der Waals surface area contributed by atoms with Crippen LogP contribution in [0.1, 0.15) is 18.5 Å². The molecular weight excluding hydrogens is 206 g/mol. The van der Waals surface area contributed by atoms with Gasteiger partial charge in [-0.05, 0) is 12.5 Å². The summed E-state index contributed by atoms with van der Waals surface area (Å²) in [7, 11) is 0. The van der Waals surface area contributed by atoms with Gasteiger partial charge in [0.15, 0.2) is 0 Å². The number of ketones is 2. The minimum absolute atomic E-state index is 0.280. The predicted molar refractivity (Wildman–Crippen MR) is 56.5 cm³/mol. The van der Waals surface area contributed by atoms with Crippen molar-refractivity contribution in [3.8, 4) is 0 Å². The smallest absolute Gasteiger partial charge is 0.288 e. The van der Waals surface area contributed by atoms with Gasteiger partial charge in [-0.1, -0.05) is 30.3 Å². The summed E-state index contributed by atoms with van der Waals surface area (Å²) in [5.41, 5.74) is 0.780. The Hall–Kier alpha value is -1.97. The van der Waals surface area contributed by atoms with Crippen molar-refractivity contribution >= 4 is 17.5 Å². The Balaban J connectivity index is 2.38. The Kier molecular flexibility index (Phi) is 2.56. The minimum Gasteiger partial charge on any atom is -0.341 e. The topological polar surface area (TPSA) is 63.2 Å². The van der Waals surface area contributed by atoms with E-state index in [2.05, 4.69) is 5.32 Å². The average Bonchev–Trinajstić information content (AvgIpc) is 2.57. The third-order valence-electron chi connectivity index (χ3n) is 2.72. The number of nitrogens with one attached hydrogen (secondary N) is 1. The summed E-state index contributed by atoms with van der Waals surface area (Å²) >= 11 is 0. The molecule has 1 aromatic rings. The number of benzene rings is 1. The number of Topliss-reactive ketones (excluding diaryl/α,β-unsaturated/α-hetero) is 2. The lowest BCUT2D eigenvalue weighted by Gasteiger charge is -2.15. The van der Waals surface area contributed by atoms with Gasteiger partial charge in [-0.3, -0.25) is 14.4 Å². The molecule has 0 aromatic heterocycles. The lowest BCUT2D eigenvalue weighted by molar-refractivity contribution is -0.139. The molecule has 1 heterocycles. The van der Waals surface area contributed by atoms with Gasteiger partial charge >= 0.3 is 0 Å². The third-order valence-corrected chi connectivity index (χ3v) is 2.72. The normalized spacial score (nSPS) is 24.3. The van der Waals surface area contributed by atoms with Gasteiger partial charge in [0.05, 0.1) is 6.04 Å². The van der Waals surface area contributed by atoms with Crippen molar-refractivity contribution in [2.75, 3.05) is 0 Å². The van der Waals surface area contributed by atoms with Crippen LogP contribution in [-0.4, -0.2) is 17.5 Å². The number of carbonyl (C=O) groups is 3. The lowest BCUT2D eigenvalue weighted by atomic mass is 9.90. The van der Waals surface area contributed by atoms with Gasteiger partial charge in [0.1, 0.15) is 11.7 Å². The van der Waals surface area contributed by atoms with E-state index in [1.54, 1.807) is 12.1 Å². The van der Waals surface area contributed by atoms with Crippen LogP contribution in [0, 0.1) is 5.92 Å². The Morgan fingerprint density at radius 3 is 2.38 bits per heavy atom. The predicted octanol–water partition coefficient (Wildman–Crippen LogP) is 0.632. The molecule has 1 N–H and O–H groups in total. The van der Waals surface area contributed by atoms with Gasteiger partial charge in [0.25, 0.3) is 5.91 Å². The van der Waals surface area contributed by atoms with E-state index < -0.39 is 23.7 Å². The van der Waals surface area contributed by atoms with Crippen LogP contribution >= 0.6 is 0 Å². The van der Waals surface area contributed by atoms with Crippen LogP contribution in [0.4, 0.5) is 0 Å². The molecule has 1 aliphatic rings. The summed E-state index contributed by atoms with van der Waals surface area (Å²) < 4.78 is 0. The van der Waals surface area contributed by atoms with E-state index in [1.807, 2.05) is 18.2 Å². The van der Waals surface area contributed by atoms with Crippen LogP contribution in [-0.2, 0) is 14.4 Å². The minimum atomic E-state index is -0.880. The Morgan fingerprint density at radius 1 is 1.19 bits per heavy atom. The number of rotatable bonds is 2. The molecule has 0 spiro atoms. The fourth-order valence-corrected chi connectivity index (χ4v) is 1.94. The Bertz CT molecular complexity index is 453. The number of hydrogen-bond donors (Lipinski definition) is 1. The second-order valence-corrected chi connectivity index (χ2v) is 3.81. The molecule has 0 radical (unpaired) electrons. The van der Waals surface area contributed by atoms with Crippen molar-refractivity contribution in [2.45, 2.75) is 13.0 Å². The molecule has 0 bridgehead atoms. The maximum absolute atomic E-state index is 11.5. The molecule has 0 saturated carbocycles. The van der Waals surface area contributed by atoms with E-state index in [-0.39, 0.29) is 5.78 Å². The molecule has 1 aromatic carbocycles. The van der Waals surface area contributed by atoms with Crippen molar-refractivity contribution < 1.29 is 14.4 Å². The SMILES string of the molecule is CC(=O)C1C(=O)C(=O)NC1c1ccccc1. The summed E-state index contributed by atoms with van der Waals surface area (Å²) in [6, 6.07) is 8.52. The molecule has 4 nitrogen and oxygen atoms in total. The molecule has 2 unspecified atom stereocenters. The van der Waals surface area contributed by atoms with Crippen molar-refractivity contribution in [1.82, 2.24) is 5.32 Å². The molecule has 4 heteroatoms. The first-order valence-electron chi connectivity index (χ1n) is 5.01. The van der Waals surface area contributed by atoms with Crippen molar-refractivity contribution in [3.63, 3.8) is 0 Å². The van der Waals surface area contributed by atoms with Crippen molar-refractivity contribution in [1.29, 1.82) is 0 Å². The van der Waals surface area contributed by atoms with Crippen LogP contribution in [0.5, 0.6) is 0 Å². The highest BCUT2D eigenvalue weighted by Gasteiger charge is 2.44.